The predicted molar refractivity (Wildman–Crippen MR) is 472 cm³/mol. The number of nitrogens with zero attached hydrogens (tertiary/aromatic N) is 3. The highest BCUT2D eigenvalue weighted by atomic mass is 35.5. The first kappa shape index (κ1) is 127. The zero-order valence-electron chi connectivity index (χ0n) is 78.0. The van der Waals surface area contributed by atoms with Crippen LogP contribution in [-0.4, -0.2) is 527 Å². The van der Waals surface area contributed by atoms with Crippen LogP contribution in [0, 0.1) is 0 Å². The van der Waals surface area contributed by atoms with Gasteiger partial charge < -0.3 is 185 Å². The minimum Gasteiger partial charge on any atom is -0.379 e. The largest absolute Gasteiger partial charge is 0.379 e. The van der Waals surface area contributed by atoms with Gasteiger partial charge in [-0.15, -0.1) is 11.6 Å². The molecule has 0 aliphatic heterocycles. The van der Waals surface area contributed by atoms with E-state index in [-0.39, 0.29) is 12.3 Å². The van der Waals surface area contributed by atoms with Crippen LogP contribution in [0.3, 0.4) is 0 Å². The second kappa shape index (κ2) is 124. The first-order chi connectivity index (χ1) is 64.3. The molecule has 0 rings (SSSR count). The lowest BCUT2D eigenvalue weighted by Crippen LogP contribution is -2.28. The van der Waals surface area contributed by atoms with Gasteiger partial charge in [0.1, 0.15) is 0 Å². The van der Waals surface area contributed by atoms with Gasteiger partial charge in [0.2, 0.25) is 5.91 Å². The van der Waals surface area contributed by atoms with Crippen molar-refractivity contribution in [2.45, 2.75) is 32.1 Å². The molecule has 0 heterocycles. The highest BCUT2D eigenvalue weighted by Gasteiger charge is 2.07. The van der Waals surface area contributed by atoms with Crippen LogP contribution in [0.2, 0.25) is 0 Å². The quantitative estimate of drug-likeness (QED) is 0.0300. The molecule has 0 radical (unpaired) electrons. The Morgan fingerprint density at radius 1 is 0.178 bits per heavy atom. The number of hydrogen-bond acceptors (Lipinski definition) is 40. The van der Waals surface area contributed by atoms with Gasteiger partial charge in [-0.1, -0.05) is 18.0 Å². The molecule has 129 heavy (non-hydrogen) atoms. The van der Waals surface area contributed by atoms with E-state index < -0.39 is 0 Å². The fourth-order valence-corrected chi connectivity index (χ4v) is 9.63. The summed E-state index contributed by atoms with van der Waals surface area (Å²) in [4.78, 5) is 14.6. The maximum absolute atomic E-state index is 11.9. The standard InChI is InChI=1S/C85H169ClN4O39/c86-6-3-1-2-4-9-92-13-15-94-11-7-88-85(91)5-10-93-14-17-96-19-21-98-23-25-100-27-29-102-31-33-104-35-37-106-39-41-108-43-45-110-47-49-112-51-53-114-55-57-116-59-61-118-63-65-120-67-69-122-71-73-124-75-77-126-79-81-128-83-84-129-82-80-127-78-76-125-74-72-123-70-68-121-66-64-119-62-60-117-58-56-115-54-52-113-50-48-111-46-44-109-42-40-107-38-36-105-34-32-103-30-28-101-26-24-99-22-20-97-18-16-95-12-8-89-90-87/h1-84H2,(H,88,91). The van der Waals surface area contributed by atoms with Crippen molar-refractivity contribution in [3.05, 3.63) is 10.4 Å². The average molecular weight is 1910 g/mol. The molecule has 44 heteroatoms. The lowest BCUT2D eigenvalue weighted by atomic mass is 10.2. The third-order valence-corrected chi connectivity index (χ3v) is 16.3. The Labute approximate surface area is 773 Å². The molecular formula is C85H169ClN4O39. The SMILES string of the molecule is [N-]=[N+]=NCCOCCOCCOCCOCCOCCOCCOCCOCCOCCOCCOCCOCCOCCOCCOCCOCCOCCOCCOCCOCCOCCOCCOCCOCCOCCOCCOCCOCCOCCOCCOCCOCCOCCOCCOCCOCCC(=O)NCCOCCOCCCCCCCl. The Bertz CT molecular complexity index is 2040. The molecule has 0 fully saturated rings. The molecular weight excluding hydrogens is 1740 g/mol. The average Bonchev–Trinajstić information content (AvgIpc) is 1.04. The van der Waals surface area contributed by atoms with Crippen LogP contribution < -0.4 is 5.32 Å². The minimum atomic E-state index is -0.0748. The van der Waals surface area contributed by atoms with E-state index in [9.17, 15) is 4.79 Å². The maximum Gasteiger partial charge on any atom is 0.222 e. The number of hydrogen-bond donors (Lipinski definition) is 1. The number of nitrogens with one attached hydrogen (secondary N) is 1. The lowest BCUT2D eigenvalue weighted by Gasteiger charge is -2.09. The number of alkyl halides is 1. The van der Waals surface area contributed by atoms with Crippen molar-refractivity contribution in [3.8, 4) is 0 Å². The molecule has 0 bridgehead atoms. The Balaban J connectivity index is 3.12. The van der Waals surface area contributed by atoms with Gasteiger partial charge >= 0.3 is 0 Å². The van der Waals surface area contributed by atoms with Crippen LogP contribution in [0.15, 0.2) is 5.11 Å². The molecule has 0 aromatic rings. The summed E-state index contributed by atoms with van der Waals surface area (Å²) >= 11 is 5.67. The molecule has 770 valence electrons. The Morgan fingerprint density at radius 3 is 0.465 bits per heavy atom. The van der Waals surface area contributed by atoms with Gasteiger partial charge in [-0.2, -0.15) is 0 Å². The molecule has 0 saturated carbocycles. The molecule has 1 N–H and O–H groups in total. The fraction of sp³-hybridized carbons (Fsp3) is 0.988. The summed E-state index contributed by atoms with van der Waals surface area (Å²) in [5.41, 5.74) is 8.19. The van der Waals surface area contributed by atoms with Crippen molar-refractivity contribution >= 4 is 17.5 Å². The van der Waals surface area contributed by atoms with E-state index in [0.717, 1.165) is 38.2 Å². The first-order valence-electron chi connectivity index (χ1n) is 46.1. The number of carbonyl (C=O) groups is 1. The van der Waals surface area contributed by atoms with Crippen molar-refractivity contribution < 1.29 is 185 Å². The van der Waals surface area contributed by atoms with Gasteiger partial charge in [0.25, 0.3) is 0 Å². The Morgan fingerprint density at radius 2 is 0.310 bits per heavy atom. The summed E-state index contributed by atoms with van der Waals surface area (Å²) in [5.74, 6) is 0.642. The van der Waals surface area contributed by atoms with Crippen LogP contribution in [0.25, 0.3) is 10.4 Å². The third kappa shape index (κ3) is 124. The maximum atomic E-state index is 11.9. The van der Waals surface area contributed by atoms with Gasteiger partial charge in [-0.05, 0) is 18.4 Å². The van der Waals surface area contributed by atoms with Crippen molar-refractivity contribution in [1.29, 1.82) is 0 Å². The van der Waals surface area contributed by atoms with Gasteiger partial charge in [0, 0.05) is 36.9 Å². The number of carbonyl (C=O) groups excluding carboxylic acids is 1. The third-order valence-electron chi connectivity index (χ3n) is 16.0. The normalized spacial score (nSPS) is 11.7. The van der Waals surface area contributed by atoms with Crippen LogP contribution in [0.4, 0.5) is 0 Å². The highest BCUT2D eigenvalue weighted by Crippen LogP contribution is 2.02. The topological polar surface area (TPSA) is 429 Å². The number of amides is 1. The number of rotatable bonds is 123. The van der Waals surface area contributed by atoms with E-state index in [1.807, 2.05) is 0 Å². The van der Waals surface area contributed by atoms with Crippen LogP contribution in [-0.2, 0) is 185 Å². The predicted octanol–water partition coefficient (Wildman–Crippen LogP) is 3.23. The summed E-state index contributed by atoms with van der Waals surface area (Å²) in [5, 5.41) is 6.20. The summed E-state index contributed by atoms with van der Waals surface area (Å²) in [6, 6.07) is 0. The van der Waals surface area contributed by atoms with E-state index in [0.29, 0.717) is 509 Å². The minimum absolute atomic E-state index is 0.0748. The summed E-state index contributed by atoms with van der Waals surface area (Å²) in [6.45, 7) is 36.7. The number of unbranched alkanes of at least 4 members (excludes halogenated alkanes) is 3. The molecule has 0 aromatic heterocycles. The molecule has 43 nitrogen and oxygen atoms in total. The number of halogens is 1. The molecule has 0 aliphatic rings. The summed E-state index contributed by atoms with van der Waals surface area (Å²) in [6.07, 6.45) is 4.65. The Hall–Kier alpha value is -2.45. The molecule has 0 atom stereocenters. The van der Waals surface area contributed by atoms with Crippen molar-refractivity contribution in [2.24, 2.45) is 5.11 Å². The highest BCUT2D eigenvalue weighted by molar-refractivity contribution is 6.17. The van der Waals surface area contributed by atoms with E-state index >= 15 is 0 Å². The second-order valence-electron chi connectivity index (χ2n) is 26.4. The summed E-state index contributed by atoms with van der Waals surface area (Å²) in [7, 11) is 0. The van der Waals surface area contributed by atoms with E-state index in [1.54, 1.807) is 0 Å². The van der Waals surface area contributed by atoms with E-state index in [4.69, 9.17) is 197 Å². The number of ether oxygens (including phenoxy) is 38. The zero-order chi connectivity index (χ0) is 92.0. The van der Waals surface area contributed by atoms with Gasteiger partial charge in [0.15, 0.2) is 0 Å². The van der Waals surface area contributed by atoms with Crippen molar-refractivity contribution in [1.82, 2.24) is 5.32 Å². The van der Waals surface area contributed by atoms with E-state index in [2.05, 4.69) is 15.3 Å². The first-order valence-corrected chi connectivity index (χ1v) is 46.6. The molecule has 0 unspecified atom stereocenters. The van der Waals surface area contributed by atoms with Gasteiger partial charge in [-0.25, -0.2) is 0 Å². The number of azide groups is 1. The van der Waals surface area contributed by atoms with Crippen LogP contribution >= 0.6 is 11.6 Å². The molecule has 1 amide bonds. The molecule has 0 aliphatic carbocycles. The monoisotopic (exact) mass is 1910 g/mol. The van der Waals surface area contributed by atoms with E-state index in [1.165, 1.54) is 0 Å². The molecule has 0 spiro atoms. The van der Waals surface area contributed by atoms with Crippen LogP contribution in [0.5, 0.6) is 0 Å². The zero-order valence-corrected chi connectivity index (χ0v) is 78.8. The smallest absolute Gasteiger partial charge is 0.222 e. The lowest BCUT2D eigenvalue weighted by molar-refractivity contribution is -0.122. The van der Waals surface area contributed by atoms with Crippen molar-refractivity contribution in [2.75, 3.05) is 521 Å². The second-order valence-corrected chi connectivity index (χ2v) is 26.8. The van der Waals surface area contributed by atoms with Crippen LogP contribution in [0.1, 0.15) is 32.1 Å². The summed E-state index contributed by atoms with van der Waals surface area (Å²) < 4.78 is 210. The Kier molecular flexibility index (Phi) is 121. The fourth-order valence-electron chi connectivity index (χ4n) is 9.44. The van der Waals surface area contributed by atoms with Gasteiger partial charge in [-0.3, -0.25) is 4.79 Å². The molecule has 0 aromatic carbocycles. The molecule has 0 saturated heterocycles. The van der Waals surface area contributed by atoms with Crippen molar-refractivity contribution in [3.63, 3.8) is 0 Å². The van der Waals surface area contributed by atoms with Gasteiger partial charge in [0.05, 0.1) is 496 Å².